The van der Waals surface area contributed by atoms with Crippen LogP contribution in [0.3, 0.4) is 0 Å². The van der Waals surface area contributed by atoms with Crippen LogP contribution in [-0.4, -0.2) is 35.8 Å². The van der Waals surface area contributed by atoms with Crippen LogP contribution >= 0.6 is 0 Å². The molecule has 5 nitrogen and oxygen atoms in total. The SMILES string of the molecule is CCOC(=O)CCCCCN1C(=O)CC(C)CC1=O. The molecule has 19 heavy (non-hydrogen) atoms. The van der Waals surface area contributed by atoms with Gasteiger partial charge in [-0.25, -0.2) is 0 Å². The third-order valence-corrected chi connectivity index (χ3v) is 3.22. The van der Waals surface area contributed by atoms with Gasteiger partial charge in [-0.1, -0.05) is 13.3 Å². The Morgan fingerprint density at radius 3 is 2.42 bits per heavy atom. The lowest BCUT2D eigenvalue weighted by molar-refractivity contribution is -0.150. The van der Waals surface area contributed by atoms with E-state index >= 15 is 0 Å². The van der Waals surface area contributed by atoms with E-state index in [0.717, 1.165) is 19.3 Å². The number of esters is 1. The van der Waals surface area contributed by atoms with Gasteiger partial charge in [-0.15, -0.1) is 0 Å². The zero-order valence-corrected chi connectivity index (χ0v) is 11.8. The summed E-state index contributed by atoms with van der Waals surface area (Å²) in [5, 5.41) is 0. The minimum absolute atomic E-state index is 0.0610. The average Bonchev–Trinajstić information content (AvgIpc) is 2.31. The lowest BCUT2D eigenvalue weighted by atomic mass is 9.97. The zero-order chi connectivity index (χ0) is 14.3. The number of imide groups is 1. The van der Waals surface area contributed by atoms with E-state index in [4.69, 9.17) is 4.74 Å². The number of amides is 2. The van der Waals surface area contributed by atoms with Gasteiger partial charge in [-0.3, -0.25) is 19.3 Å². The molecule has 1 fully saturated rings. The molecular weight excluding hydrogens is 246 g/mol. The molecule has 0 saturated carbocycles. The van der Waals surface area contributed by atoms with Crippen LogP contribution in [0.15, 0.2) is 0 Å². The molecule has 0 aliphatic carbocycles. The minimum atomic E-state index is -0.179. The van der Waals surface area contributed by atoms with Gasteiger partial charge >= 0.3 is 5.97 Å². The van der Waals surface area contributed by atoms with Gasteiger partial charge in [0.15, 0.2) is 0 Å². The minimum Gasteiger partial charge on any atom is -0.466 e. The maximum atomic E-state index is 11.7. The first-order valence-electron chi connectivity index (χ1n) is 7.03. The summed E-state index contributed by atoms with van der Waals surface area (Å²) in [5.41, 5.74) is 0. The van der Waals surface area contributed by atoms with E-state index in [9.17, 15) is 14.4 Å². The number of hydrogen-bond donors (Lipinski definition) is 0. The maximum Gasteiger partial charge on any atom is 0.305 e. The second-order valence-corrected chi connectivity index (χ2v) is 5.07. The molecule has 1 saturated heterocycles. The number of ether oxygens (including phenoxy) is 1. The van der Waals surface area contributed by atoms with Crippen molar-refractivity contribution in [1.29, 1.82) is 0 Å². The van der Waals surface area contributed by atoms with Crippen molar-refractivity contribution in [3.05, 3.63) is 0 Å². The fourth-order valence-corrected chi connectivity index (χ4v) is 2.23. The molecule has 0 radical (unpaired) electrons. The van der Waals surface area contributed by atoms with Gasteiger partial charge in [0.2, 0.25) is 11.8 Å². The van der Waals surface area contributed by atoms with E-state index in [-0.39, 0.29) is 23.7 Å². The van der Waals surface area contributed by atoms with Crippen molar-refractivity contribution in [3.63, 3.8) is 0 Å². The Balaban J connectivity index is 2.17. The normalized spacial score (nSPS) is 16.8. The third-order valence-electron chi connectivity index (χ3n) is 3.22. The van der Waals surface area contributed by atoms with Crippen molar-refractivity contribution >= 4 is 17.8 Å². The molecule has 0 aromatic heterocycles. The van der Waals surface area contributed by atoms with E-state index in [1.165, 1.54) is 4.90 Å². The summed E-state index contributed by atoms with van der Waals surface area (Å²) in [6.07, 6.45) is 3.66. The summed E-state index contributed by atoms with van der Waals surface area (Å²) in [5.74, 6) is -0.134. The molecule has 1 aliphatic heterocycles. The molecule has 0 bridgehead atoms. The summed E-state index contributed by atoms with van der Waals surface area (Å²) < 4.78 is 4.83. The van der Waals surface area contributed by atoms with E-state index in [1.54, 1.807) is 6.92 Å². The molecular formula is C14H23NO4. The van der Waals surface area contributed by atoms with E-state index in [1.807, 2.05) is 6.92 Å². The molecule has 108 valence electrons. The van der Waals surface area contributed by atoms with Crippen LogP contribution in [0.1, 0.15) is 52.4 Å². The molecule has 0 spiro atoms. The van der Waals surface area contributed by atoms with Crippen molar-refractivity contribution in [1.82, 2.24) is 4.90 Å². The molecule has 0 N–H and O–H groups in total. The number of carbonyl (C=O) groups is 3. The zero-order valence-electron chi connectivity index (χ0n) is 11.8. The summed E-state index contributed by atoms with van der Waals surface area (Å²) in [6, 6.07) is 0. The van der Waals surface area contributed by atoms with Gasteiger partial charge in [0.25, 0.3) is 0 Å². The number of nitrogens with zero attached hydrogens (tertiary/aromatic N) is 1. The predicted molar refractivity (Wildman–Crippen MR) is 70.2 cm³/mol. The fourth-order valence-electron chi connectivity index (χ4n) is 2.23. The van der Waals surface area contributed by atoms with Crippen LogP contribution in [0.5, 0.6) is 0 Å². The van der Waals surface area contributed by atoms with E-state index < -0.39 is 0 Å². The highest BCUT2D eigenvalue weighted by Gasteiger charge is 2.29. The second kappa shape index (κ2) is 7.92. The Morgan fingerprint density at radius 1 is 1.21 bits per heavy atom. The average molecular weight is 269 g/mol. The molecule has 0 atom stereocenters. The Bertz CT molecular complexity index is 322. The third kappa shape index (κ3) is 5.41. The van der Waals surface area contributed by atoms with Crippen LogP contribution < -0.4 is 0 Å². The summed E-state index contributed by atoms with van der Waals surface area (Å²) in [7, 11) is 0. The first kappa shape index (κ1) is 15.7. The Kier molecular flexibility index (Phi) is 6.53. The quantitative estimate of drug-likeness (QED) is 0.402. The van der Waals surface area contributed by atoms with Crippen molar-refractivity contribution in [3.8, 4) is 0 Å². The fraction of sp³-hybridized carbons (Fsp3) is 0.786. The predicted octanol–water partition coefficient (Wildman–Crippen LogP) is 1.90. The highest BCUT2D eigenvalue weighted by Crippen LogP contribution is 2.19. The number of hydrogen-bond acceptors (Lipinski definition) is 4. The molecule has 2 amide bonds. The van der Waals surface area contributed by atoms with E-state index in [0.29, 0.717) is 32.4 Å². The van der Waals surface area contributed by atoms with Gasteiger partial charge in [0.1, 0.15) is 0 Å². The first-order chi connectivity index (χ1) is 9.04. The molecule has 0 unspecified atom stereocenters. The Morgan fingerprint density at radius 2 is 1.84 bits per heavy atom. The van der Waals surface area contributed by atoms with Gasteiger partial charge < -0.3 is 4.74 Å². The first-order valence-corrected chi connectivity index (χ1v) is 7.03. The molecule has 1 rings (SSSR count). The van der Waals surface area contributed by atoms with Crippen molar-refractivity contribution in [2.75, 3.05) is 13.2 Å². The molecule has 1 heterocycles. The largest absolute Gasteiger partial charge is 0.466 e. The van der Waals surface area contributed by atoms with Crippen LogP contribution in [0, 0.1) is 5.92 Å². The number of piperidine rings is 1. The summed E-state index contributed by atoms with van der Waals surface area (Å²) >= 11 is 0. The highest BCUT2D eigenvalue weighted by molar-refractivity contribution is 5.97. The van der Waals surface area contributed by atoms with Gasteiger partial charge in [-0.05, 0) is 25.7 Å². The van der Waals surface area contributed by atoms with Crippen LogP contribution in [-0.2, 0) is 19.1 Å². The monoisotopic (exact) mass is 269 g/mol. The Labute approximate surface area is 114 Å². The molecule has 0 aromatic rings. The van der Waals surface area contributed by atoms with E-state index in [2.05, 4.69) is 0 Å². The number of likely N-dealkylation sites (tertiary alicyclic amines) is 1. The van der Waals surface area contributed by atoms with Crippen molar-refractivity contribution in [2.24, 2.45) is 5.92 Å². The topological polar surface area (TPSA) is 63.7 Å². The smallest absolute Gasteiger partial charge is 0.305 e. The lowest BCUT2D eigenvalue weighted by Gasteiger charge is -2.28. The van der Waals surface area contributed by atoms with Crippen molar-refractivity contribution in [2.45, 2.75) is 52.4 Å². The molecule has 1 aliphatic rings. The van der Waals surface area contributed by atoms with Crippen LogP contribution in [0.2, 0.25) is 0 Å². The lowest BCUT2D eigenvalue weighted by Crippen LogP contribution is -2.43. The molecule has 0 aromatic carbocycles. The van der Waals surface area contributed by atoms with Gasteiger partial charge in [-0.2, -0.15) is 0 Å². The summed E-state index contributed by atoms with van der Waals surface area (Å²) in [6.45, 7) is 4.60. The maximum absolute atomic E-state index is 11.7. The number of carbonyl (C=O) groups excluding carboxylic acids is 3. The Hall–Kier alpha value is -1.39. The highest BCUT2D eigenvalue weighted by atomic mass is 16.5. The van der Waals surface area contributed by atoms with Crippen LogP contribution in [0.25, 0.3) is 0 Å². The molecule has 5 heteroatoms. The summed E-state index contributed by atoms with van der Waals surface area (Å²) in [4.78, 5) is 35.9. The second-order valence-electron chi connectivity index (χ2n) is 5.07. The van der Waals surface area contributed by atoms with Gasteiger partial charge in [0, 0.05) is 25.8 Å². The van der Waals surface area contributed by atoms with Gasteiger partial charge in [0.05, 0.1) is 6.61 Å². The number of rotatable bonds is 7. The number of unbranched alkanes of at least 4 members (excludes halogenated alkanes) is 2. The standard InChI is InChI=1S/C14H23NO4/c1-3-19-14(18)7-5-4-6-8-15-12(16)9-11(2)10-13(15)17/h11H,3-10H2,1-2H3. The van der Waals surface area contributed by atoms with Crippen molar-refractivity contribution < 1.29 is 19.1 Å². The van der Waals surface area contributed by atoms with Crippen LogP contribution in [0.4, 0.5) is 0 Å².